The van der Waals surface area contributed by atoms with Crippen LogP contribution in [0.1, 0.15) is 39.0 Å². The first kappa shape index (κ1) is 27.9. The van der Waals surface area contributed by atoms with Gasteiger partial charge in [0.05, 0.1) is 45.3 Å². The fourth-order valence-corrected chi connectivity index (χ4v) is 6.03. The number of pyridine rings is 1. The van der Waals surface area contributed by atoms with Gasteiger partial charge in [-0.25, -0.2) is 20.1 Å². The highest BCUT2D eigenvalue weighted by Crippen LogP contribution is 2.36. The lowest BCUT2D eigenvalue weighted by Crippen LogP contribution is -2.36. The Labute approximate surface area is 229 Å². The topological polar surface area (TPSA) is 204 Å². The smallest absolute Gasteiger partial charge is 0.333 e. The molecular weight excluding hydrogens is 612 g/mol. The quantitative estimate of drug-likeness (QED) is 0.168. The van der Waals surface area contributed by atoms with E-state index in [0.717, 1.165) is 11.3 Å². The summed E-state index contributed by atoms with van der Waals surface area (Å²) >= 11 is 10.8. The van der Waals surface area contributed by atoms with E-state index in [4.69, 9.17) is 22.5 Å². The van der Waals surface area contributed by atoms with Gasteiger partial charge in [0, 0.05) is 17.7 Å². The predicted molar refractivity (Wildman–Crippen MR) is 139 cm³/mol. The number of hydrogen-bond donors (Lipinski definition) is 5. The minimum absolute atomic E-state index is 0.104. The Morgan fingerprint density at radius 1 is 1.35 bits per heavy atom. The van der Waals surface area contributed by atoms with E-state index in [0.29, 0.717) is 20.2 Å². The molecule has 1 aliphatic rings. The third kappa shape index (κ3) is 6.50. The van der Waals surface area contributed by atoms with Gasteiger partial charge in [-0.2, -0.15) is 8.42 Å². The van der Waals surface area contributed by atoms with Crippen LogP contribution in [0.2, 0.25) is 4.34 Å². The Morgan fingerprint density at radius 3 is 2.81 bits per heavy atom. The lowest BCUT2D eigenvalue weighted by atomic mass is 10.1. The van der Waals surface area contributed by atoms with Gasteiger partial charge in [0.15, 0.2) is 0 Å². The van der Waals surface area contributed by atoms with Crippen molar-refractivity contribution < 1.29 is 27.6 Å². The van der Waals surface area contributed by atoms with Crippen LogP contribution in [0.5, 0.6) is 0 Å². The number of aromatic nitrogens is 3. The molecule has 1 saturated carbocycles. The zero-order chi connectivity index (χ0) is 26.9. The van der Waals surface area contributed by atoms with Crippen LogP contribution in [-0.4, -0.2) is 64.2 Å². The van der Waals surface area contributed by atoms with Crippen molar-refractivity contribution in [3.63, 3.8) is 0 Å². The summed E-state index contributed by atoms with van der Waals surface area (Å²) in [4.78, 5) is 26.1. The van der Waals surface area contributed by atoms with Crippen LogP contribution in [0.3, 0.4) is 0 Å². The van der Waals surface area contributed by atoms with Crippen molar-refractivity contribution in [2.24, 2.45) is 16.8 Å². The van der Waals surface area contributed by atoms with Crippen molar-refractivity contribution in [2.45, 2.75) is 30.7 Å². The molecule has 3 heterocycles. The Morgan fingerprint density at radius 2 is 2.11 bits per heavy atom. The van der Waals surface area contributed by atoms with E-state index >= 15 is 0 Å². The zero-order valence-electron chi connectivity index (χ0n) is 18.9. The molecule has 12 nitrogen and oxygen atoms in total. The molecule has 0 saturated heterocycles. The summed E-state index contributed by atoms with van der Waals surface area (Å²) in [5.74, 6) is -1.04. The number of hydrogen-bond acceptors (Lipinski definition) is 12. The molecule has 5 atom stereocenters. The van der Waals surface area contributed by atoms with Gasteiger partial charge in [-0.3, -0.25) is 8.98 Å². The Hall–Kier alpha value is -2.08. The average Bonchev–Trinajstić information content (AvgIpc) is 3.36. The standard InChI is InChI=1S/C21H22BrClN6O6S2/c22-15-3-1-2-12(28-15)16(24)10-5-14(36-20(10)23)18(31)11-6-26-8-27-21(11)29-13-4-9(17(30)19(13)32)7-35-37(25,33)34/h1-3,5-6,8-9,13,16-17,19,30,32H,4,7,24H2,(H2,25,33,34)(H,26,27,29)/t9-,13-,16-,17-,19+/m1/s1. The van der Waals surface area contributed by atoms with Crippen molar-refractivity contribution >= 4 is 60.8 Å². The maximum absolute atomic E-state index is 13.4. The van der Waals surface area contributed by atoms with Crippen LogP contribution in [0.15, 0.2) is 41.4 Å². The minimum Gasteiger partial charge on any atom is -0.390 e. The van der Waals surface area contributed by atoms with Gasteiger partial charge >= 0.3 is 10.3 Å². The number of ketones is 1. The highest BCUT2D eigenvalue weighted by atomic mass is 79.9. The summed E-state index contributed by atoms with van der Waals surface area (Å²) in [6.07, 6.45) is 0.0941. The van der Waals surface area contributed by atoms with E-state index in [1.807, 2.05) is 0 Å². The normalized spacial score (nSPS) is 22.6. The van der Waals surface area contributed by atoms with Gasteiger partial charge in [-0.15, -0.1) is 11.3 Å². The SMILES string of the molecule is N[C@@H](c1cccc(Br)n1)c1cc(C(=O)c2cncnc2N[C@@H]2C[C@H](COS(N)(=O)=O)[C@@H](O)[C@H]2O)sc1Cl. The van der Waals surface area contributed by atoms with Crippen LogP contribution in [0, 0.1) is 5.92 Å². The molecule has 3 aromatic heterocycles. The van der Waals surface area contributed by atoms with E-state index in [1.165, 1.54) is 12.5 Å². The molecule has 1 aliphatic carbocycles. The molecule has 0 spiro atoms. The van der Waals surface area contributed by atoms with Crippen LogP contribution >= 0.6 is 38.9 Å². The van der Waals surface area contributed by atoms with Gasteiger partial charge in [0.2, 0.25) is 5.78 Å². The van der Waals surface area contributed by atoms with Gasteiger partial charge in [0.1, 0.15) is 22.9 Å². The van der Waals surface area contributed by atoms with Crippen molar-refractivity contribution in [3.05, 3.63) is 67.4 Å². The second-order valence-corrected chi connectivity index (χ2v) is 12.0. The Bertz CT molecular complexity index is 1410. The number of aliphatic hydroxyl groups is 2. The van der Waals surface area contributed by atoms with Gasteiger partial charge in [0.25, 0.3) is 0 Å². The number of carbonyl (C=O) groups is 1. The monoisotopic (exact) mass is 632 g/mol. The molecule has 7 N–H and O–H groups in total. The largest absolute Gasteiger partial charge is 0.390 e. The van der Waals surface area contributed by atoms with Crippen molar-refractivity contribution in [3.8, 4) is 0 Å². The molecule has 16 heteroatoms. The van der Waals surface area contributed by atoms with E-state index in [-0.39, 0.29) is 22.7 Å². The molecular formula is C21H22BrClN6O6S2. The molecule has 0 unspecified atom stereocenters. The maximum Gasteiger partial charge on any atom is 0.333 e. The zero-order valence-corrected chi connectivity index (χ0v) is 22.8. The molecule has 0 radical (unpaired) electrons. The summed E-state index contributed by atoms with van der Waals surface area (Å²) in [5.41, 5.74) is 7.55. The van der Waals surface area contributed by atoms with Crippen molar-refractivity contribution in [1.29, 1.82) is 0 Å². The summed E-state index contributed by atoms with van der Waals surface area (Å²) in [5, 5.41) is 28.6. The fourth-order valence-electron chi connectivity index (χ4n) is 4.00. The Kier molecular flexibility index (Phi) is 8.57. The van der Waals surface area contributed by atoms with Crippen molar-refractivity contribution in [2.75, 3.05) is 11.9 Å². The third-order valence-electron chi connectivity index (χ3n) is 5.85. The number of nitrogens with two attached hydrogens (primary N) is 2. The molecule has 37 heavy (non-hydrogen) atoms. The number of nitrogens with one attached hydrogen (secondary N) is 1. The predicted octanol–water partition coefficient (Wildman–Crippen LogP) is 1.37. The number of aliphatic hydroxyl groups excluding tert-OH is 2. The molecule has 0 bridgehead atoms. The summed E-state index contributed by atoms with van der Waals surface area (Å²) in [6.45, 7) is -0.408. The first-order chi connectivity index (χ1) is 17.4. The highest BCUT2D eigenvalue weighted by Gasteiger charge is 2.42. The molecule has 0 amide bonds. The number of carbonyl (C=O) groups excluding carboxylic acids is 1. The van der Waals surface area contributed by atoms with E-state index < -0.39 is 52.9 Å². The van der Waals surface area contributed by atoms with Crippen LogP contribution < -0.4 is 16.2 Å². The molecule has 0 aliphatic heterocycles. The summed E-state index contributed by atoms with van der Waals surface area (Å²) < 4.78 is 27.7. The van der Waals surface area contributed by atoms with Crippen molar-refractivity contribution in [1.82, 2.24) is 15.0 Å². The highest BCUT2D eigenvalue weighted by molar-refractivity contribution is 9.10. The second kappa shape index (κ2) is 11.3. The molecule has 3 aromatic rings. The first-order valence-corrected chi connectivity index (χ1v) is 14.2. The maximum atomic E-state index is 13.4. The van der Waals surface area contributed by atoms with E-state index in [9.17, 15) is 23.4 Å². The lowest BCUT2D eigenvalue weighted by Gasteiger charge is -2.19. The molecule has 198 valence electrons. The van der Waals surface area contributed by atoms with Crippen LogP contribution in [-0.2, 0) is 14.5 Å². The van der Waals surface area contributed by atoms with Gasteiger partial charge in [-0.1, -0.05) is 17.7 Å². The number of halogens is 2. The number of nitrogens with zero attached hydrogens (tertiary/aromatic N) is 3. The minimum atomic E-state index is -4.21. The summed E-state index contributed by atoms with van der Waals surface area (Å²) in [6, 6.07) is 5.47. The summed E-state index contributed by atoms with van der Waals surface area (Å²) in [7, 11) is -4.21. The fraction of sp³-hybridized carbons (Fsp3) is 0.333. The molecule has 0 aromatic carbocycles. The van der Waals surface area contributed by atoms with E-state index in [1.54, 1.807) is 24.3 Å². The lowest BCUT2D eigenvalue weighted by molar-refractivity contribution is 0.00778. The molecule has 1 fully saturated rings. The second-order valence-electron chi connectivity index (χ2n) is 8.32. The Balaban J connectivity index is 1.54. The number of rotatable bonds is 9. The van der Waals surface area contributed by atoms with Crippen LogP contribution in [0.4, 0.5) is 5.82 Å². The van der Waals surface area contributed by atoms with E-state index in [2.05, 4.69) is 40.4 Å². The van der Waals surface area contributed by atoms with Crippen LogP contribution in [0.25, 0.3) is 0 Å². The van der Waals surface area contributed by atoms with Gasteiger partial charge < -0.3 is 21.3 Å². The molecule has 4 rings (SSSR count). The number of thiophene rings is 1. The first-order valence-electron chi connectivity index (χ1n) is 10.8. The third-order valence-corrected chi connectivity index (χ3v) is 8.15. The van der Waals surface area contributed by atoms with Gasteiger partial charge in [-0.05, 0) is 40.5 Å². The number of anilines is 1. The average molecular weight is 634 g/mol.